The summed E-state index contributed by atoms with van der Waals surface area (Å²) in [6.07, 6.45) is 4.75. The molecule has 0 amide bonds. The van der Waals surface area contributed by atoms with Gasteiger partial charge in [0.05, 0.1) is 0 Å². The van der Waals surface area contributed by atoms with E-state index in [0.29, 0.717) is 6.61 Å². The van der Waals surface area contributed by atoms with Gasteiger partial charge in [0.25, 0.3) is 0 Å². The highest BCUT2D eigenvalue weighted by atomic mass is 31.1. The lowest BCUT2D eigenvalue weighted by Crippen LogP contribution is -1.88. The van der Waals surface area contributed by atoms with E-state index in [1.807, 2.05) is 0 Å². The predicted molar refractivity (Wildman–Crippen MR) is 53.8 cm³/mol. The minimum Gasteiger partial charge on any atom is -0.396 e. The third-order valence-corrected chi connectivity index (χ3v) is 1.44. The third kappa shape index (κ3) is 33.2. The molecule has 0 aromatic rings. The minimum absolute atomic E-state index is 0.359. The first kappa shape index (κ1) is 15.6. The maximum atomic E-state index is 8.74. The Labute approximate surface area is 80.6 Å². The van der Waals surface area contributed by atoms with Crippen molar-refractivity contribution in [1.82, 2.24) is 0 Å². The third-order valence-electron chi connectivity index (χ3n) is 1.44. The monoisotopic (exact) mass is 212 g/mol. The van der Waals surface area contributed by atoms with E-state index in [9.17, 15) is 0 Å². The number of aliphatic hydroxyl groups is 1. The first-order chi connectivity index (χ1) is 6.00. The lowest BCUT2D eigenvalue weighted by atomic mass is 10.1. The van der Waals surface area contributed by atoms with Gasteiger partial charge in [0.2, 0.25) is 0 Å². The van der Waals surface area contributed by atoms with Crippen LogP contribution in [0.2, 0.25) is 0 Å². The summed E-state index contributed by atoms with van der Waals surface area (Å²) < 4.78 is 8.74. The van der Waals surface area contributed by atoms with Crippen molar-refractivity contribution < 1.29 is 19.5 Å². The van der Waals surface area contributed by atoms with Crippen LogP contribution in [0.1, 0.15) is 39.5 Å². The maximum absolute atomic E-state index is 8.74. The van der Waals surface area contributed by atoms with Gasteiger partial charge in [0.1, 0.15) is 0 Å². The fourth-order valence-corrected chi connectivity index (χ4v) is 0.841. The zero-order valence-corrected chi connectivity index (χ0v) is 9.36. The summed E-state index contributed by atoms with van der Waals surface area (Å²) in [5, 5.41) is 8.43. The van der Waals surface area contributed by atoms with Gasteiger partial charge in [-0.2, -0.15) is 0 Å². The van der Waals surface area contributed by atoms with Crippen LogP contribution < -0.4 is 0 Å². The molecule has 5 heteroatoms. The highest BCUT2D eigenvalue weighted by Crippen LogP contribution is 2.06. The Kier molecular flexibility index (Phi) is 14.5. The van der Waals surface area contributed by atoms with Gasteiger partial charge in [0.15, 0.2) is 0 Å². The van der Waals surface area contributed by atoms with E-state index in [-0.39, 0.29) is 0 Å². The molecular weight excluding hydrogens is 191 g/mol. The molecule has 0 aliphatic heterocycles. The van der Waals surface area contributed by atoms with Gasteiger partial charge in [-0.05, 0) is 12.3 Å². The molecular formula is C8H21O4P. The molecule has 0 saturated heterocycles. The number of hydrogen-bond donors (Lipinski definition) is 3. The quantitative estimate of drug-likeness (QED) is 0.477. The van der Waals surface area contributed by atoms with Crippen LogP contribution in [0.25, 0.3) is 0 Å². The van der Waals surface area contributed by atoms with Crippen LogP contribution in [0.4, 0.5) is 0 Å². The summed E-state index contributed by atoms with van der Waals surface area (Å²) in [6, 6.07) is 0. The second kappa shape index (κ2) is 12.1. The smallest absolute Gasteiger partial charge is 0.314 e. The van der Waals surface area contributed by atoms with Crippen molar-refractivity contribution in [3.05, 3.63) is 0 Å². The number of unbranched alkanes of at least 4 members (excludes halogenated alkanes) is 2. The van der Waals surface area contributed by atoms with Crippen LogP contribution in [0.15, 0.2) is 0 Å². The molecule has 0 heterocycles. The Hall–Kier alpha value is 0.110. The number of rotatable bonds is 5. The molecule has 0 aromatic heterocycles. The van der Waals surface area contributed by atoms with E-state index in [1.54, 1.807) is 0 Å². The van der Waals surface area contributed by atoms with E-state index in [2.05, 4.69) is 13.8 Å². The molecule has 0 aliphatic rings. The van der Waals surface area contributed by atoms with Crippen molar-refractivity contribution in [1.29, 1.82) is 0 Å². The van der Waals surface area contributed by atoms with Crippen LogP contribution in [0, 0.1) is 5.92 Å². The molecule has 0 rings (SSSR count). The molecule has 0 spiro atoms. The molecule has 0 fully saturated rings. The standard InChI is InChI=1S/C8H18O.H3O3P/c1-8(2)6-4-3-5-7-9;1-4(2)3/h8-9H,3-7H2,1-2H3;4H,(H2,1,2,3). The molecule has 0 saturated carbocycles. The van der Waals surface area contributed by atoms with Gasteiger partial charge in [-0.3, -0.25) is 4.57 Å². The summed E-state index contributed by atoms with van der Waals surface area (Å²) >= 11 is 0. The van der Waals surface area contributed by atoms with Crippen molar-refractivity contribution in [3.8, 4) is 0 Å². The summed E-state index contributed by atoms with van der Waals surface area (Å²) in [4.78, 5) is 14.3. The largest absolute Gasteiger partial charge is 0.396 e. The van der Waals surface area contributed by atoms with Crippen LogP contribution in [-0.2, 0) is 4.57 Å². The van der Waals surface area contributed by atoms with Crippen molar-refractivity contribution in [3.63, 3.8) is 0 Å². The summed E-state index contributed by atoms with van der Waals surface area (Å²) in [6.45, 7) is 4.83. The fraction of sp³-hybridized carbons (Fsp3) is 1.00. The summed E-state index contributed by atoms with van der Waals surface area (Å²) in [5.41, 5.74) is 0. The van der Waals surface area contributed by atoms with Crippen LogP contribution >= 0.6 is 8.25 Å². The van der Waals surface area contributed by atoms with E-state index < -0.39 is 8.25 Å². The molecule has 4 nitrogen and oxygen atoms in total. The zero-order valence-electron chi connectivity index (χ0n) is 8.36. The average Bonchev–Trinajstić information content (AvgIpc) is 1.97. The minimum atomic E-state index is -3.13. The van der Waals surface area contributed by atoms with Crippen molar-refractivity contribution in [2.45, 2.75) is 39.5 Å². The SMILES string of the molecule is CC(C)CCCCCO.O=[PH](O)O. The van der Waals surface area contributed by atoms with E-state index in [1.165, 1.54) is 19.3 Å². The van der Waals surface area contributed by atoms with Crippen LogP contribution in [-0.4, -0.2) is 21.5 Å². The average molecular weight is 212 g/mol. The van der Waals surface area contributed by atoms with Crippen LogP contribution in [0.5, 0.6) is 0 Å². The van der Waals surface area contributed by atoms with E-state index in [0.717, 1.165) is 12.3 Å². The Morgan fingerprint density at radius 2 is 1.62 bits per heavy atom. The molecule has 0 aliphatic carbocycles. The summed E-state index contributed by atoms with van der Waals surface area (Å²) in [5.74, 6) is 0.823. The predicted octanol–water partition coefficient (Wildman–Crippen LogP) is 1.56. The molecule has 0 atom stereocenters. The number of hydrogen-bond acceptors (Lipinski definition) is 2. The fourth-order valence-electron chi connectivity index (χ4n) is 0.841. The molecule has 0 radical (unpaired) electrons. The molecule has 3 N–H and O–H groups in total. The molecule has 0 unspecified atom stereocenters. The highest BCUT2D eigenvalue weighted by Gasteiger charge is 1.92. The maximum Gasteiger partial charge on any atom is 0.314 e. The lowest BCUT2D eigenvalue weighted by molar-refractivity contribution is 0.281. The topological polar surface area (TPSA) is 77.8 Å². The van der Waals surface area contributed by atoms with Gasteiger partial charge in [-0.15, -0.1) is 0 Å². The molecule has 13 heavy (non-hydrogen) atoms. The van der Waals surface area contributed by atoms with Gasteiger partial charge < -0.3 is 14.9 Å². The van der Waals surface area contributed by atoms with Gasteiger partial charge in [0, 0.05) is 6.61 Å². The van der Waals surface area contributed by atoms with Gasteiger partial charge in [-0.1, -0.05) is 33.1 Å². The highest BCUT2D eigenvalue weighted by molar-refractivity contribution is 7.30. The molecule has 0 aromatic carbocycles. The Bertz CT molecular complexity index is 113. The van der Waals surface area contributed by atoms with E-state index in [4.69, 9.17) is 19.5 Å². The van der Waals surface area contributed by atoms with Gasteiger partial charge >= 0.3 is 8.25 Å². The van der Waals surface area contributed by atoms with Crippen molar-refractivity contribution >= 4 is 8.25 Å². The first-order valence-electron chi connectivity index (χ1n) is 4.53. The zero-order chi connectivity index (χ0) is 10.7. The second-order valence-corrected chi connectivity index (χ2v) is 3.81. The second-order valence-electron chi connectivity index (χ2n) is 3.25. The van der Waals surface area contributed by atoms with E-state index >= 15 is 0 Å². The summed E-state index contributed by atoms with van der Waals surface area (Å²) in [7, 11) is -3.13. The van der Waals surface area contributed by atoms with Crippen molar-refractivity contribution in [2.75, 3.05) is 6.61 Å². The Morgan fingerprint density at radius 3 is 1.92 bits per heavy atom. The lowest BCUT2D eigenvalue weighted by Gasteiger charge is -2.01. The van der Waals surface area contributed by atoms with Crippen LogP contribution in [0.3, 0.4) is 0 Å². The number of aliphatic hydroxyl groups excluding tert-OH is 1. The molecule has 0 bridgehead atoms. The van der Waals surface area contributed by atoms with Crippen molar-refractivity contribution in [2.24, 2.45) is 5.92 Å². The van der Waals surface area contributed by atoms with Gasteiger partial charge in [-0.25, -0.2) is 0 Å². The molecule has 82 valence electrons. The Balaban J connectivity index is 0. The first-order valence-corrected chi connectivity index (χ1v) is 5.83. The Morgan fingerprint density at radius 1 is 1.15 bits per heavy atom. The normalized spacial score (nSPS) is 10.1.